The van der Waals surface area contributed by atoms with Crippen LogP contribution in [0.5, 0.6) is 0 Å². The largest absolute Gasteiger partial charge is 0.480 e. The molecular formula is C13H17NO5S. The van der Waals surface area contributed by atoms with Gasteiger partial charge in [0, 0.05) is 5.69 Å². The summed E-state index contributed by atoms with van der Waals surface area (Å²) in [6.07, 6.45) is 0.860. The topological polar surface area (TPSA) is 101 Å². The van der Waals surface area contributed by atoms with Gasteiger partial charge >= 0.3 is 5.97 Å². The Hall–Kier alpha value is -1.89. The SMILES string of the molecule is CCc1ccc(NC(=O)CS(=O)(=O)C(C)C(=O)O)cc1. The van der Waals surface area contributed by atoms with Gasteiger partial charge in [-0.3, -0.25) is 9.59 Å². The van der Waals surface area contributed by atoms with Gasteiger partial charge in [0.1, 0.15) is 5.75 Å². The quantitative estimate of drug-likeness (QED) is 0.818. The van der Waals surface area contributed by atoms with Gasteiger partial charge < -0.3 is 10.4 Å². The third-order valence-corrected chi connectivity index (χ3v) is 4.81. The van der Waals surface area contributed by atoms with Gasteiger partial charge in [0.05, 0.1) is 0 Å². The van der Waals surface area contributed by atoms with Crippen LogP contribution in [0, 0.1) is 0 Å². The van der Waals surface area contributed by atoms with Crippen molar-refractivity contribution in [1.29, 1.82) is 0 Å². The highest BCUT2D eigenvalue weighted by atomic mass is 32.2. The average Bonchev–Trinajstić information content (AvgIpc) is 2.37. The number of amides is 1. The Morgan fingerprint density at radius 3 is 2.25 bits per heavy atom. The standard InChI is InChI=1S/C13H17NO5S/c1-3-10-4-6-11(7-5-10)14-12(15)8-20(18,19)9(2)13(16)17/h4-7,9H,3,8H2,1-2H3,(H,14,15)(H,16,17). The first-order valence-electron chi connectivity index (χ1n) is 6.09. The van der Waals surface area contributed by atoms with E-state index in [2.05, 4.69) is 5.32 Å². The van der Waals surface area contributed by atoms with Gasteiger partial charge in [-0.1, -0.05) is 19.1 Å². The van der Waals surface area contributed by atoms with Gasteiger partial charge in [0.15, 0.2) is 15.1 Å². The van der Waals surface area contributed by atoms with Crippen LogP contribution in [0.2, 0.25) is 0 Å². The van der Waals surface area contributed by atoms with E-state index in [1.165, 1.54) is 0 Å². The van der Waals surface area contributed by atoms with E-state index in [9.17, 15) is 18.0 Å². The minimum Gasteiger partial charge on any atom is -0.480 e. The van der Waals surface area contributed by atoms with Crippen molar-refractivity contribution < 1.29 is 23.1 Å². The Morgan fingerprint density at radius 1 is 1.25 bits per heavy atom. The van der Waals surface area contributed by atoms with Crippen LogP contribution in [-0.4, -0.2) is 36.4 Å². The van der Waals surface area contributed by atoms with Crippen LogP contribution in [-0.2, 0) is 25.8 Å². The molecule has 0 bridgehead atoms. The summed E-state index contributed by atoms with van der Waals surface area (Å²) < 4.78 is 23.3. The molecule has 0 aromatic heterocycles. The fourth-order valence-corrected chi connectivity index (χ4v) is 2.48. The maximum Gasteiger partial charge on any atom is 0.321 e. The average molecular weight is 299 g/mol. The lowest BCUT2D eigenvalue weighted by molar-refractivity contribution is -0.136. The molecule has 110 valence electrons. The molecule has 0 saturated heterocycles. The summed E-state index contributed by atoms with van der Waals surface area (Å²) in [6.45, 7) is 3.04. The van der Waals surface area contributed by atoms with Crippen LogP contribution in [0.3, 0.4) is 0 Å². The molecule has 6 nitrogen and oxygen atoms in total. The Morgan fingerprint density at radius 2 is 1.80 bits per heavy atom. The van der Waals surface area contributed by atoms with Crippen molar-refractivity contribution in [2.45, 2.75) is 25.5 Å². The minimum atomic E-state index is -4.00. The summed E-state index contributed by atoms with van der Waals surface area (Å²) in [5.74, 6) is -3.07. The highest BCUT2D eigenvalue weighted by Gasteiger charge is 2.29. The van der Waals surface area contributed by atoms with Crippen LogP contribution in [0.1, 0.15) is 19.4 Å². The highest BCUT2D eigenvalue weighted by molar-refractivity contribution is 7.93. The van der Waals surface area contributed by atoms with Crippen molar-refractivity contribution in [1.82, 2.24) is 0 Å². The first-order valence-corrected chi connectivity index (χ1v) is 7.81. The van der Waals surface area contributed by atoms with Gasteiger partial charge in [-0.05, 0) is 31.0 Å². The van der Waals surface area contributed by atoms with Crippen LogP contribution in [0.25, 0.3) is 0 Å². The maximum absolute atomic E-state index is 11.6. The number of nitrogens with one attached hydrogen (secondary N) is 1. The molecule has 0 radical (unpaired) electrons. The summed E-state index contributed by atoms with van der Waals surface area (Å²) in [7, 11) is -4.00. The molecule has 2 N–H and O–H groups in total. The lowest BCUT2D eigenvalue weighted by Crippen LogP contribution is -2.34. The van der Waals surface area contributed by atoms with Crippen molar-refractivity contribution in [3.8, 4) is 0 Å². The molecular weight excluding hydrogens is 282 g/mol. The van der Waals surface area contributed by atoms with Crippen molar-refractivity contribution in [3.05, 3.63) is 29.8 Å². The number of hydrogen-bond donors (Lipinski definition) is 2. The maximum atomic E-state index is 11.6. The van der Waals surface area contributed by atoms with E-state index in [0.717, 1.165) is 18.9 Å². The Bertz CT molecular complexity index is 592. The predicted molar refractivity (Wildman–Crippen MR) is 75.3 cm³/mol. The monoisotopic (exact) mass is 299 g/mol. The molecule has 0 saturated carbocycles. The molecule has 0 heterocycles. The summed E-state index contributed by atoms with van der Waals surface area (Å²) in [5.41, 5.74) is 1.57. The number of sulfone groups is 1. The first kappa shape index (κ1) is 16.2. The summed E-state index contributed by atoms with van der Waals surface area (Å²) in [4.78, 5) is 22.3. The number of carbonyl (C=O) groups is 2. The Balaban J connectivity index is 2.70. The van der Waals surface area contributed by atoms with E-state index in [1.54, 1.807) is 12.1 Å². The molecule has 0 aliphatic heterocycles. The third-order valence-electron chi connectivity index (χ3n) is 2.86. The number of aryl methyl sites for hydroxylation is 1. The molecule has 1 aromatic rings. The first-order chi connectivity index (χ1) is 9.26. The number of benzene rings is 1. The van der Waals surface area contributed by atoms with Gasteiger partial charge in [0.25, 0.3) is 0 Å². The number of rotatable bonds is 6. The molecule has 1 atom stereocenters. The normalized spacial score (nSPS) is 12.7. The van der Waals surface area contributed by atoms with Crippen LogP contribution < -0.4 is 5.32 Å². The third kappa shape index (κ3) is 4.34. The van der Waals surface area contributed by atoms with Crippen molar-refractivity contribution in [2.24, 2.45) is 0 Å². The number of anilines is 1. The van der Waals surface area contributed by atoms with Gasteiger partial charge in [-0.15, -0.1) is 0 Å². The molecule has 1 rings (SSSR count). The van der Waals surface area contributed by atoms with E-state index in [-0.39, 0.29) is 0 Å². The number of hydrogen-bond acceptors (Lipinski definition) is 4. The molecule has 0 aliphatic rings. The summed E-state index contributed by atoms with van der Waals surface area (Å²) >= 11 is 0. The zero-order chi connectivity index (χ0) is 15.3. The van der Waals surface area contributed by atoms with Gasteiger partial charge in [-0.2, -0.15) is 0 Å². The smallest absolute Gasteiger partial charge is 0.321 e. The van der Waals surface area contributed by atoms with Crippen molar-refractivity contribution >= 4 is 27.4 Å². The summed E-state index contributed by atoms with van der Waals surface area (Å²) in [5, 5.41) is 9.50. The second-order valence-electron chi connectivity index (χ2n) is 4.39. The lowest BCUT2D eigenvalue weighted by atomic mass is 10.1. The zero-order valence-electron chi connectivity index (χ0n) is 11.3. The van der Waals surface area contributed by atoms with Crippen LogP contribution in [0.4, 0.5) is 5.69 Å². The van der Waals surface area contributed by atoms with Crippen molar-refractivity contribution in [2.75, 3.05) is 11.1 Å². The molecule has 20 heavy (non-hydrogen) atoms. The number of carboxylic acid groups (broad SMARTS) is 1. The van der Waals surface area contributed by atoms with E-state index < -0.39 is 32.7 Å². The highest BCUT2D eigenvalue weighted by Crippen LogP contribution is 2.11. The van der Waals surface area contributed by atoms with Crippen LogP contribution in [0.15, 0.2) is 24.3 Å². The summed E-state index contributed by atoms with van der Waals surface area (Å²) in [6, 6.07) is 6.99. The van der Waals surface area contributed by atoms with Crippen LogP contribution >= 0.6 is 0 Å². The van der Waals surface area contributed by atoms with Gasteiger partial charge in [0.2, 0.25) is 5.91 Å². The van der Waals surface area contributed by atoms with E-state index in [4.69, 9.17) is 5.11 Å². The second kappa shape index (κ2) is 6.51. The number of carbonyl (C=O) groups excluding carboxylic acids is 1. The van der Waals surface area contributed by atoms with Crippen molar-refractivity contribution in [3.63, 3.8) is 0 Å². The molecule has 7 heteroatoms. The molecule has 1 unspecified atom stereocenters. The Kier molecular flexibility index (Phi) is 5.26. The van der Waals surface area contributed by atoms with E-state index >= 15 is 0 Å². The molecule has 0 fully saturated rings. The predicted octanol–water partition coefficient (Wildman–Crippen LogP) is 1.08. The minimum absolute atomic E-state index is 0.477. The molecule has 1 amide bonds. The fraction of sp³-hybridized carbons (Fsp3) is 0.385. The molecule has 0 spiro atoms. The number of aliphatic carboxylic acids is 1. The van der Waals surface area contributed by atoms with Gasteiger partial charge in [-0.25, -0.2) is 8.42 Å². The van der Waals surface area contributed by atoms with E-state index in [1.807, 2.05) is 19.1 Å². The second-order valence-corrected chi connectivity index (χ2v) is 6.71. The fourth-order valence-electron chi connectivity index (χ4n) is 1.48. The molecule has 0 aliphatic carbocycles. The number of carboxylic acids is 1. The lowest BCUT2D eigenvalue weighted by Gasteiger charge is -2.09. The van der Waals surface area contributed by atoms with E-state index in [0.29, 0.717) is 5.69 Å². The molecule has 1 aromatic carbocycles. The Labute approximate surface area is 117 Å². The zero-order valence-corrected chi connectivity index (χ0v) is 12.1.